The Bertz CT molecular complexity index is 808. The van der Waals surface area contributed by atoms with Gasteiger partial charge in [0.15, 0.2) is 0 Å². The van der Waals surface area contributed by atoms with Crippen molar-refractivity contribution in [3.05, 3.63) is 52.5 Å². The number of hydrogen-bond acceptors (Lipinski definition) is 6. The Morgan fingerprint density at radius 1 is 1.08 bits per heavy atom. The van der Waals surface area contributed by atoms with E-state index in [-0.39, 0.29) is 5.97 Å². The lowest BCUT2D eigenvalue weighted by molar-refractivity contribution is -0.141. The molecule has 2 aromatic rings. The summed E-state index contributed by atoms with van der Waals surface area (Å²) in [7, 11) is 2.64. The summed E-state index contributed by atoms with van der Waals surface area (Å²) in [6, 6.07) is 9.96. The van der Waals surface area contributed by atoms with Crippen molar-refractivity contribution < 1.29 is 19.1 Å². The number of halogens is 1. The Morgan fingerprint density at radius 2 is 1.80 bits per heavy atom. The highest BCUT2D eigenvalue weighted by atomic mass is 35.5. The molecule has 0 aliphatic carbocycles. The van der Waals surface area contributed by atoms with Crippen molar-refractivity contribution in [3.63, 3.8) is 0 Å². The summed E-state index contributed by atoms with van der Waals surface area (Å²) in [6.07, 6.45) is 0. The second-order valence-corrected chi connectivity index (χ2v) is 5.83. The first kappa shape index (κ1) is 18.6. The van der Waals surface area contributed by atoms with E-state index in [4.69, 9.17) is 26.8 Å². The quantitative estimate of drug-likeness (QED) is 0.622. The number of esters is 2. The highest BCUT2D eigenvalue weighted by Crippen LogP contribution is 2.30. The Hall–Kier alpha value is -2.73. The minimum Gasteiger partial charge on any atom is -0.469 e. The molecule has 3 N–H and O–H groups in total. The first-order valence-electron chi connectivity index (χ1n) is 7.49. The molecule has 2 aromatic carbocycles. The first-order valence-corrected chi connectivity index (χ1v) is 7.87. The number of nitrogens with one attached hydrogen (secondary N) is 1. The van der Waals surface area contributed by atoms with Crippen molar-refractivity contribution in [1.82, 2.24) is 0 Å². The number of carbonyl (C=O) groups is 2. The zero-order valence-electron chi connectivity index (χ0n) is 14.1. The van der Waals surface area contributed by atoms with Gasteiger partial charge >= 0.3 is 11.9 Å². The van der Waals surface area contributed by atoms with Crippen molar-refractivity contribution in [2.24, 2.45) is 0 Å². The smallest absolute Gasteiger partial charge is 0.339 e. The van der Waals surface area contributed by atoms with Crippen molar-refractivity contribution in [1.29, 1.82) is 0 Å². The molecule has 0 bridgehead atoms. The van der Waals surface area contributed by atoms with Crippen molar-refractivity contribution in [2.75, 3.05) is 25.3 Å². The standard InChI is InChI=1S/C18H19ClN2O4/c1-10(17(22)24-2)11-4-7-15(14(20)8-11)21-16-9-12(19)5-6-13(16)18(23)25-3/h4-10,21H,20H2,1-3H3. The van der Waals surface area contributed by atoms with Gasteiger partial charge in [0, 0.05) is 5.02 Å². The maximum Gasteiger partial charge on any atom is 0.339 e. The van der Waals surface area contributed by atoms with Gasteiger partial charge in [0.05, 0.1) is 42.8 Å². The molecule has 0 spiro atoms. The maximum absolute atomic E-state index is 11.9. The summed E-state index contributed by atoms with van der Waals surface area (Å²) in [4.78, 5) is 23.5. The number of benzene rings is 2. The molecule has 1 atom stereocenters. The first-order chi connectivity index (χ1) is 11.9. The minimum atomic E-state index is -0.492. The van der Waals surface area contributed by atoms with Crippen LogP contribution in [0.4, 0.5) is 17.1 Å². The summed E-state index contributed by atoms with van der Waals surface area (Å²) in [5, 5.41) is 3.54. The van der Waals surface area contributed by atoms with Gasteiger partial charge in [-0.15, -0.1) is 0 Å². The van der Waals surface area contributed by atoms with Crippen LogP contribution in [0, 0.1) is 0 Å². The number of hydrogen-bond donors (Lipinski definition) is 2. The van der Waals surface area contributed by atoms with Gasteiger partial charge in [0.1, 0.15) is 0 Å². The fourth-order valence-electron chi connectivity index (χ4n) is 2.33. The third-order valence-electron chi connectivity index (χ3n) is 3.79. The third kappa shape index (κ3) is 4.22. The number of anilines is 3. The average Bonchev–Trinajstić information content (AvgIpc) is 2.61. The molecule has 0 fully saturated rings. The van der Waals surface area contributed by atoms with Gasteiger partial charge in [-0.2, -0.15) is 0 Å². The van der Waals surface area contributed by atoms with E-state index in [2.05, 4.69) is 5.32 Å². The van der Waals surface area contributed by atoms with Gasteiger partial charge in [-0.1, -0.05) is 17.7 Å². The van der Waals surface area contributed by atoms with E-state index >= 15 is 0 Å². The van der Waals surface area contributed by atoms with Gasteiger partial charge < -0.3 is 20.5 Å². The molecule has 25 heavy (non-hydrogen) atoms. The predicted octanol–water partition coefficient (Wildman–Crippen LogP) is 3.73. The molecular formula is C18H19ClN2O4. The lowest BCUT2D eigenvalue weighted by Gasteiger charge is -2.15. The molecule has 0 aliphatic heterocycles. The van der Waals surface area contributed by atoms with Crippen LogP contribution in [0.3, 0.4) is 0 Å². The number of ether oxygens (including phenoxy) is 2. The van der Waals surface area contributed by atoms with Crippen molar-refractivity contribution in [3.8, 4) is 0 Å². The van der Waals surface area contributed by atoms with E-state index in [9.17, 15) is 9.59 Å². The van der Waals surface area contributed by atoms with E-state index in [1.807, 2.05) is 0 Å². The molecular weight excluding hydrogens is 344 g/mol. The minimum absolute atomic E-state index is 0.332. The van der Waals surface area contributed by atoms with Crippen LogP contribution < -0.4 is 11.1 Å². The molecule has 0 aliphatic rings. The van der Waals surface area contributed by atoms with Crippen LogP contribution in [0.1, 0.15) is 28.8 Å². The average molecular weight is 363 g/mol. The van der Waals surface area contributed by atoms with E-state index in [0.29, 0.717) is 27.6 Å². The van der Waals surface area contributed by atoms with Crippen LogP contribution in [0.15, 0.2) is 36.4 Å². The van der Waals surface area contributed by atoms with Crippen molar-refractivity contribution >= 4 is 40.6 Å². The molecule has 2 rings (SSSR count). The lowest BCUT2D eigenvalue weighted by atomic mass is 10.00. The van der Waals surface area contributed by atoms with Gasteiger partial charge in [-0.25, -0.2) is 4.79 Å². The van der Waals surface area contributed by atoms with Crippen LogP contribution in [0.5, 0.6) is 0 Å². The summed E-state index contributed by atoms with van der Waals surface area (Å²) in [5.41, 5.74) is 8.61. The highest BCUT2D eigenvalue weighted by molar-refractivity contribution is 6.31. The Kier molecular flexibility index (Phi) is 5.88. The highest BCUT2D eigenvalue weighted by Gasteiger charge is 2.17. The Morgan fingerprint density at radius 3 is 2.40 bits per heavy atom. The second kappa shape index (κ2) is 7.90. The summed E-state index contributed by atoms with van der Waals surface area (Å²) in [5.74, 6) is -1.27. The SMILES string of the molecule is COC(=O)c1ccc(Cl)cc1Nc1ccc(C(C)C(=O)OC)cc1N. The molecule has 1 unspecified atom stereocenters. The molecule has 7 heteroatoms. The fraction of sp³-hybridized carbons (Fsp3) is 0.222. The number of rotatable bonds is 5. The van der Waals surface area contributed by atoms with Crippen molar-refractivity contribution in [2.45, 2.75) is 12.8 Å². The molecule has 0 saturated carbocycles. The fourth-order valence-corrected chi connectivity index (χ4v) is 2.50. The molecule has 0 radical (unpaired) electrons. The van der Waals surface area contributed by atoms with E-state index < -0.39 is 11.9 Å². The molecule has 0 heterocycles. The van der Waals surface area contributed by atoms with Crippen LogP contribution in [-0.4, -0.2) is 26.2 Å². The molecule has 6 nitrogen and oxygen atoms in total. The van der Waals surface area contributed by atoms with Gasteiger partial charge in [0.25, 0.3) is 0 Å². The van der Waals surface area contributed by atoms with E-state index in [1.165, 1.54) is 14.2 Å². The van der Waals surface area contributed by atoms with Gasteiger partial charge in [-0.3, -0.25) is 4.79 Å². The number of nitrogens with two attached hydrogens (primary N) is 1. The number of methoxy groups -OCH3 is 2. The monoisotopic (exact) mass is 362 g/mol. The predicted molar refractivity (Wildman–Crippen MR) is 97.4 cm³/mol. The molecule has 0 saturated heterocycles. The maximum atomic E-state index is 11.9. The summed E-state index contributed by atoms with van der Waals surface area (Å²) >= 11 is 6.01. The topological polar surface area (TPSA) is 90.6 Å². The molecule has 0 aromatic heterocycles. The largest absolute Gasteiger partial charge is 0.469 e. The van der Waals surface area contributed by atoms with Crippen LogP contribution >= 0.6 is 11.6 Å². The van der Waals surface area contributed by atoms with Crippen LogP contribution in [0.25, 0.3) is 0 Å². The van der Waals surface area contributed by atoms with Gasteiger partial charge in [-0.05, 0) is 42.8 Å². The van der Waals surface area contributed by atoms with E-state index in [1.54, 1.807) is 43.3 Å². The second-order valence-electron chi connectivity index (χ2n) is 5.40. The molecule has 0 amide bonds. The number of nitrogen functional groups attached to an aromatic ring is 1. The zero-order chi connectivity index (χ0) is 18.6. The number of carbonyl (C=O) groups excluding carboxylic acids is 2. The Labute approximate surface area is 150 Å². The third-order valence-corrected chi connectivity index (χ3v) is 4.02. The molecule has 132 valence electrons. The summed E-state index contributed by atoms with van der Waals surface area (Å²) in [6.45, 7) is 1.74. The normalized spacial score (nSPS) is 11.5. The van der Waals surface area contributed by atoms with Gasteiger partial charge in [0.2, 0.25) is 0 Å². The summed E-state index contributed by atoms with van der Waals surface area (Å²) < 4.78 is 9.51. The van der Waals surface area contributed by atoms with Crippen LogP contribution in [-0.2, 0) is 14.3 Å². The zero-order valence-corrected chi connectivity index (χ0v) is 14.9. The Balaban J connectivity index is 2.34. The van der Waals surface area contributed by atoms with Crippen LogP contribution in [0.2, 0.25) is 5.02 Å². The van der Waals surface area contributed by atoms with E-state index in [0.717, 1.165) is 5.56 Å². The lowest BCUT2D eigenvalue weighted by Crippen LogP contribution is -2.11.